The smallest absolute Gasteiger partial charge is 0.238 e. The Hall–Kier alpha value is -2.27. The molecule has 5 heteroatoms. The maximum absolute atomic E-state index is 12.5. The van der Waals surface area contributed by atoms with E-state index in [1.54, 1.807) is 11.8 Å². The van der Waals surface area contributed by atoms with E-state index in [2.05, 4.69) is 31.3 Å². The molecule has 27 heavy (non-hydrogen) atoms. The second kappa shape index (κ2) is 8.17. The highest BCUT2D eigenvalue weighted by Crippen LogP contribution is 2.42. The van der Waals surface area contributed by atoms with Gasteiger partial charge in [0, 0.05) is 17.3 Å². The van der Waals surface area contributed by atoms with E-state index in [0.717, 1.165) is 16.9 Å². The Kier molecular flexibility index (Phi) is 5.90. The van der Waals surface area contributed by atoms with Gasteiger partial charge in [0.1, 0.15) is 5.37 Å². The van der Waals surface area contributed by atoms with E-state index in [-0.39, 0.29) is 23.1 Å². The van der Waals surface area contributed by atoms with Crippen LogP contribution in [-0.4, -0.2) is 17.6 Å². The molecule has 1 aliphatic heterocycles. The molecule has 0 radical (unpaired) electrons. The van der Waals surface area contributed by atoms with E-state index in [0.29, 0.717) is 11.7 Å². The third-order valence-electron chi connectivity index (χ3n) is 4.69. The predicted molar refractivity (Wildman–Crippen MR) is 113 cm³/mol. The molecule has 1 fully saturated rings. The highest BCUT2D eigenvalue weighted by atomic mass is 32.2. The van der Waals surface area contributed by atoms with Crippen LogP contribution in [0.4, 0.5) is 11.4 Å². The predicted octanol–water partition coefficient (Wildman–Crippen LogP) is 5.18. The molecule has 1 saturated heterocycles. The van der Waals surface area contributed by atoms with Crippen molar-refractivity contribution in [1.82, 2.24) is 0 Å². The number of carbonyl (C=O) groups is 2. The summed E-state index contributed by atoms with van der Waals surface area (Å²) in [5.41, 5.74) is 4.03. The van der Waals surface area contributed by atoms with Crippen molar-refractivity contribution < 1.29 is 9.59 Å². The van der Waals surface area contributed by atoms with Gasteiger partial charge in [0.15, 0.2) is 0 Å². The largest absolute Gasteiger partial charge is 0.326 e. The third-order valence-corrected chi connectivity index (χ3v) is 5.91. The van der Waals surface area contributed by atoms with Crippen molar-refractivity contribution in [2.24, 2.45) is 5.92 Å². The Morgan fingerprint density at radius 3 is 2.22 bits per heavy atom. The Bertz CT molecular complexity index is 813. The number of anilines is 2. The maximum Gasteiger partial charge on any atom is 0.238 e. The first-order valence-electron chi connectivity index (χ1n) is 9.31. The van der Waals surface area contributed by atoms with Crippen LogP contribution in [0.2, 0.25) is 0 Å². The third kappa shape index (κ3) is 4.35. The minimum Gasteiger partial charge on any atom is -0.326 e. The monoisotopic (exact) mass is 382 g/mol. The fraction of sp³-hybridized carbons (Fsp3) is 0.364. The summed E-state index contributed by atoms with van der Waals surface area (Å²) in [4.78, 5) is 26.2. The van der Waals surface area contributed by atoms with Crippen LogP contribution in [0.15, 0.2) is 48.5 Å². The van der Waals surface area contributed by atoms with Crippen LogP contribution in [0.3, 0.4) is 0 Å². The summed E-state index contributed by atoms with van der Waals surface area (Å²) in [5, 5.41) is 2.86. The zero-order valence-corrected chi connectivity index (χ0v) is 17.0. The molecule has 0 aromatic heterocycles. The van der Waals surface area contributed by atoms with E-state index in [1.165, 1.54) is 5.56 Å². The molecule has 1 N–H and O–H groups in total. The lowest BCUT2D eigenvalue weighted by molar-refractivity contribution is -0.119. The molecule has 1 atom stereocenters. The van der Waals surface area contributed by atoms with Gasteiger partial charge in [-0.3, -0.25) is 14.5 Å². The molecule has 1 aliphatic rings. The van der Waals surface area contributed by atoms with Crippen LogP contribution in [0.1, 0.15) is 50.1 Å². The van der Waals surface area contributed by atoms with Crippen molar-refractivity contribution in [2.45, 2.75) is 39.0 Å². The normalized spacial score (nSPS) is 17.0. The van der Waals surface area contributed by atoms with Crippen LogP contribution in [-0.2, 0) is 9.59 Å². The van der Waals surface area contributed by atoms with Gasteiger partial charge in [-0.05, 0) is 41.3 Å². The van der Waals surface area contributed by atoms with Gasteiger partial charge in [0.2, 0.25) is 11.8 Å². The standard InChI is InChI=1S/C22H26N2O2S/c1-14(2)16-7-11-19(12-8-16)24-20(25)13-27-22(24)17-5-9-18(10-6-17)23-21(26)15(3)4/h5-12,14-15,22H,13H2,1-4H3,(H,23,26)/t22-/m1/s1. The van der Waals surface area contributed by atoms with Crippen LogP contribution >= 0.6 is 11.8 Å². The zero-order valence-electron chi connectivity index (χ0n) is 16.2. The van der Waals surface area contributed by atoms with E-state index in [1.807, 2.05) is 55.1 Å². The minimum atomic E-state index is -0.0583. The van der Waals surface area contributed by atoms with Crippen molar-refractivity contribution in [3.8, 4) is 0 Å². The number of amides is 2. The second-order valence-electron chi connectivity index (χ2n) is 7.44. The molecule has 2 aromatic carbocycles. The number of hydrogen-bond acceptors (Lipinski definition) is 3. The first-order valence-corrected chi connectivity index (χ1v) is 10.4. The molecule has 4 nitrogen and oxygen atoms in total. The molecule has 142 valence electrons. The maximum atomic E-state index is 12.5. The Morgan fingerprint density at radius 1 is 1.04 bits per heavy atom. The van der Waals surface area contributed by atoms with Crippen molar-refractivity contribution in [2.75, 3.05) is 16.0 Å². The first kappa shape index (κ1) is 19.5. The first-order chi connectivity index (χ1) is 12.9. The lowest BCUT2D eigenvalue weighted by Crippen LogP contribution is -2.27. The Balaban J connectivity index is 1.80. The topological polar surface area (TPSA) is 49.4 Å². The summed E-state index contributed by atoms with van der Waals surface area (Å²) < 4.78 is 0. The summed E-state index contributed by atoms with van der Waals surface area (Å²) in [6.07, 6.45) is 0. The molecule has 0 aliphatic carbocycles. The molecular formula is C22H26N2O2S. The highest BCUT2D eigenvalue weighted by molar-refractivity contribution is 8.00. The molecule has 2 aromatic rings. The van der Waals surface area contributed by atoms with Gasteiger partial charge in [-0.25, -0.2) is 0 Å². The molecule has 2 amide bonds. The number of benzene rings is 2. The summed E-state index contributed by atoms with van der Waals surface area (Å²) in [7, 11) is 0. The molecule has 0 unspecified atom stereocenters. The minimum absolute atomic E-state index is 0.0000351. The number of thioether (sulfide) groups is 1. The van der Waals surface area contributed by atoms with Crippen LogP contribution in [0.25, 0.3) is 0 Å². The summed E-state index contributed by atoms with van der Waals surface area (Å²) in [5.74, 6) is 1.01. The van der Waals surface area contributed by atoms with Gasteiger partial charge in [-0.1, -0.05) is 52.0 Å². The van der Waals surface area contributed by atoms with Crippen LogP contribution in [0, 0.1) is 5.92 Å². The SMILES string of the molecule is CC(C)C(=O)Nc1ccc([C@H]2SCC(=O)N2c2ccc(C(C)C)cc2)cc1. The van der Waals surface area contributed by atoms with Gasteiger partial charge in [-0.15, -0.1) is 11.8 Å². The molecule has 0 saturated carbocycles. The van der Waals surface area contributed by atoms with Gasteiger partial charge < -0.3 is 5.32 Å². The number of nitrogens with one attached hydrogen (secondary N) is 1. The average Bonchev–Trinajstić information content (AvgIpc) is 3.03. The second-order valence-corrected chi connectivity index (χ2v) is 8.51. The van der Waals surface area contributed by atoms with Gasteiger partial charge in [0.05, 0.1) is 5.75 Å². The van der Waals surface area contributed by atoms with Gasteiger partial charge in [-0.2, -0.15) is 0 Å². The van der Waals surface area contributed by atoms with E-state index < -0.39 is 0 Å². The highest BCUT2D eigenvalue weighted by Gasteiger charge is 2.34. The lowest BCUT2D eigenvalue weighted by atomic mass is 10.0. The summed E-state index contributed by atoms with van der Waals surface area (Å²) in [6, 6.07) is 16.0. The summed E-state index contributed by atoms with van der Waals surface area (Å²) in [6.45, 7) is 8.06. The number of nitrogens with zero attached hydrogens (tertiary/aromatic N) is 1. The van der Waals surface area contributed by atoms with E-state index in [9.17, 15) is 9.59 Å². The Labute approximate surface area is 165 Å². The van der Waals surface area contributed by atoms with Crippen molar-refractivity contribution in [3.05, 3.63) is 59.7 Å². The zero-order chi connectivity index (χ0) is 19.6. The van der Waals surface area contributed by atoms with Gasteiger partial charge in [0.25, 0.3) is 0 Å². The number of hydrogen-bond donors (Lipinski definition) is 1. The van der Waals surface area contributed by atoms with Crippen molar-refractivity contribution in [1.29, 1.82) is 0 Å². The molecule has 1 heterocycles. The van der Waals surface area contributed by atoms with E-state index >= 15 is 0 Å². The Morgan fingerprint density at radius 2 is 1.67 bits per heavy atom. The molecule has 0 bridgehead atoms. The average molecular weight is 383 g/mol. The quantitative estimate of drug-likeness (QED) is 0.775. The fourth-order valence-corrected chi connectivity index (χ4v) is 4.16. The van der Waals surface area contributed by atoms with Crippen molar-refractivity contribution >= 4 is 35.0 Å². The van der Waals surface area contributed by atoms with Crippen LogP contribution < -0.4 is 10.2 Å². The van der Waals surface area contributed by atoms with Gasteiger partial charge >= 0.3 is 0 Å². The number of carbonyl (C=O) groups excluding carboxylic acids is 2. The molecule has 3 rings (SSSR count). The van der Waals surface area contributed by atoms with Crippen molar-refractivity contribution in [3.63, 3.8) is 0 Å². The van der Waals surface area contributed by atoms with Crippen LogP contribution in [0.5, 0.6) is 0 Å². The molecule has 0 spiro atoms. The lowest BCUT2D eigenvalue weighted by Gasteiger charge is -2.25. The van der Waals surface area contributed by atoms with E-state index in [4.69, 9.17) is 0 Å². The molecular weight excluding hydrogens is 356 g/mol. The number of rotatable bonds is 5. The summed E-state index contributed by atoms with van der Waals surface area (Å²) >= 11 is 1.63. The fourth-order valence-electron chi connectivity index (χ4n) is 2.99.